The number of hydrogen-bond donors (Lipinski definition) is 1. The molecule has 0 bridgehead atoms. The molecule has 3 heteroatoms. The van der Waals surface area contributed by atoms with Gasteiger partial charge in [-0.3, -0.25) is 0 Å². The van der Waals surface area contributed by atoms with Crippen LogP contribution in [0.15, 0.2) is 0 Å². The highest BCUT2D eigenvalue weighted by molar-refractivity contribution is 4.76. The second kappa shape index (κ2) is 8.04. The van der Waals surface area contributed by atoms with Crippen LogP contribution < -0.4 is 5.32 Å². The van der Waals surface area contributed by atoms with Crippen LogP contribution in [0.25, 0.3) is 0 Å². The van der Waals surface area contributed by atoms with Gasteiger partial charge in [0.05, 0.1) is 6.61 Å². The zero-order valence-electron chi connectivity index (χ0n) is 11.2. The van der Waals surface area contributed by atoms with Crippen LogP contribution in [0.5, 0.6) is 0 Å². The first-order valence-corrected chi connectivity index (χ1v) is 6.71. The number of methoxy groups -OCH3 is 1. The van der Waals surface area contributed by atoms with E-state index in [1.54, 1.807) is 7.11 Å². The monoisotopic (exact) mass is 228 g/mol. The van der Waals surface area contributed by atoms with Crippen molar-refractivity contribution in [3.63, 3.8) is 0 Å². The predicted octanol–water partition coefficient (Wildman–Crippen LogP) is 1.73. The van der Waals surface area contributed by atoms with Crippen LogP contribution in [-0.2, 0) is 4.74 Å². The summed E-state index contributed by atoms with van der Waals surface area (Å²) >= 11 is 0. The number of hydrogen-bond acceptors (Lipinski definition) is 3. The third-order valence-corrected chi connectivity index (χ3v) is 3.40. The summed E-state index contributed by atoms with van der Waals surface area (Å²) in [6, 6.07) is 0.471. The highest BCUT2D eigenvalue weighted by Crippen LogP contribution is 2.19. The summed E-state index contributed by atoms with van der Waals surface area (Å²) in [5, 5.41) is 3.49. The Bertz CT molecular complexity index is 175. The minimum absolute atomic E-state index is 0.471. The first-order chi connectivity index (χ1) is 7.76. The van der Waals surface area contributed by atoms with E-state index in [9.17, 15) is 0 Å². The van der Waals surface area contributed by atoms with Gasteiger partial charge in [-0.05, 0) is 32.2 Å². The lowest BCUT2D eigenvalue weighted by atomic mass is 10.0. The highest BCUT2D eigenvalue weighted by Gasteiger charge is 2.20. The van der Waals surface area contributed by atoms with Gasteiger partial charge in [-0.15, -0.1) is 0 Å². The van der Waals surface area contributed by atoms with Crippen molar-refractivity contribution in [1.82, 2.24) is 10.2 Å². The minimum atomic E-state index is 0.471. The number of rotatable bonds is 8. The van der Waals surface area contributed by atoms with Gasteiger partial charge in [-0.1, -0.05) is 13.3 Å². The molecule has 1 aliphatic rings. The van der Waals surface area contributed by atoms with Crippen LogP contribution >= 0.6 is 0 Å². The van der Waals surface area contributed by atoms with Crippen molar-refractivity contribution in [3.05, 3.63) is 0 Å². The van der Waals surface area contributed by atoms with Crippen molar-refractivity contribution >= 4 is 0 Å². The summed E-state index contributed by atoms with van der Waals surface area (Å²) in [4.78, 5) is 2.59. The molecule has 96 valence electrons. The van der Waals surface area contributed by atoms with Gasteiger partial charge < -0.3 is 15.0 Å². The lowest BCUT2D eigenvalue weighted by molar-refractivity contribution is 0.170. The zero-order valence-corrected chi connectivity index (χ0v) is 11.2. The van der Waals surface area contributed by atoms with Gasteiger partial charge in [-0.2, -0.15) is 0 Å². The van der Waals surface area contributed by atoms with E-state index in [-0.39, 0.29) is 0 Å². The molecule has 0 saturated carbocycles. The summed E-state index contributed by atoms with van der Waals surface area (Å²) in [5.41, 5.74) is 0. The number of nitrogens with one attached hydrogen (secondary N) is 1. The van der Waals surface area contributed by atoms with Gasteiger partial charge >= 0.3 is 0 Å². The average molecular weight is 228 g/mol. The standard InChI is InChI=1S/C13H28N2O/c1-4-5-13-6-8-15(10-13)9-7-14-12(2)11-16-3/h12-14H,4-11H2,1-3H3. The fourth-order valence-corrected chi connectivity index (χ4v) is 2.54. The third-order valence-electron chi connectivity index (χ3n) is 3.40. The fourth-order valence-electron chi connectivity index (χ4n) is 2.54. The maximum absolute atomic E-state index is 5.10. The summed E-state index contributed by atoms with van der Waals surface area (Å²) in [7, 11) is 1.76. The Labute approximate surface area is 101 Å². The lowest BCUT2D eigenvalue weighted by Crippen LogP contribution is -2.37. The van der Waals surface area contributed by atoms with Crippen molar-refractivity contribution < 1.29 is 4.74 Å². The van der Waals surface area contributed by atoms with Crippen molar-refractivity contribution in [2.75, 3.05) is 39.9 Å². The van der Waals surface area contributed by atoms with E-state index in [0.29, 0.717) is 6.04 Å². The molecule has 0 radical (unpaired) electrons. The quantitative estimate of drug-likeness (QED) is 0.685. The Morgan fingerprint density at radius 2 is 2.31 bits per heavy atom. The Balaban J connectivity index is 2.02. The third kappa shape index (κ3) is 5.28. The topological polar surface area (TPSA) is 24.5 Å². The molecule has 1 heterocycles. The molecule has 1 fully saturated rings. The van der Waals surface area contributed by atoms with E-state index in [1.807, 2.05) is 0 Å². The predicted molar refractivity (Wildman–Crippen MR) is 68.8 cm³/mol. The molecule has 0 aromatic carbocycles. The maximum atomic E-state index is 5.10. The average Bonchev–Trinajstić information content (AvgIpc) is 2.67. The number of likely N-dealkylation sites (tertiary alicyclic amines) is 1. The van der Waals surface area contributed by atoms with Crippen LogP contribution in [0.2, 0.25) is 0 Å². The molecule has 3 nitrogen and oxygen atoms in total. The molecule has 16 heavy (non-hydrogen) atoms. The summed E-state index contributed by atoms with van der Waals surface area (Å²) < 4.78 is 5.10. The van der Waals surface area contributed by atoms with Gasteiger partial charge in [0.1, 0.15) is 0 Å². The molecule has 0 aromatic rings. The first-order valence-electron chi connectivity index (χ1n) is 6.71. The number of nitrogens with zero attached hydrogens (tertiary/aromatic N) is 1. The SMILES string of the molecule is CCCC1CCN(CCNC(C)COC)C1. The van der Waals surface area contributed by atoms with Crippen LogP contribution in [0.1, 0.15) is 33.1 Å². The minimum Gasteiger partial charge on any atom is -0.383 e. The van der Waals surface area contributed by atoms with E-state index in [1.165, 1.54) is 38.9 Å². The Morgan fingerprint density at radius 3 is 3.00 bits per heavy atom. The molecule has 0 spiro atoms. The molecule has 0 aliphatic carbocycles. The molecule has 2 atom stereocenters. The highest BCUT2D eigenvalue weighted by atomic mass is 16.5. The lowest BCUT2D eigenvalue weighted by Gasteiger charge is -2.18. The largest absolute Gasteiger partial charge is 0.383 e. The van der Waals surface area contributed by atoms with E-state index in [4.69, 9.17) is 4.74 Å². The number of ether oxygens (including phenoxy) is 1. The van der Waals surface area contributed by atoms with Gasteiger partial charge in [0.2, 0.25) is 0 Å². The first kappa shape index (κ1) is 13.9. The van der Waals surface area contributed by atoms with Crippen LogP contribution in [0.4, 0.5) is 0 Å². The van der Waals surface area contributed by atoms with Gasteiger partial charge in [0, 0.05) is 32.8 Å². The Kier molecular flexibility index (Phi) is 7.01. The molecule has 2 unspecified atom stereocenters. The van der Waals surface area contributed by atoms with Crippen LogP contribution in [0.3, 0.4) is 0 Å². The maximum Gasteiger partial charge on any atom is 0.0613 e. The molecule has 1 rings (SSSR count). The fraction of sp³-hybridized carbons (Fsp3) is 1.00. The van der Waals surface area contributed by atoms with Crippen molar-refractivity contribution in [2.45, 2.75) is 39.2 Å². The van der Waals surface area contributed by atoms with E-state index in [2.05, 4.69) is 24.1 Å². The molecule has 1 aliphatic heterocycles. The molecule has 0 amide bonds. The summed E-state index contributed by atoms with van der Waals surface area (Å²) in [5.74, 6) is 0.960. The zero-order chi connectivity index (χ0) is 11.8. The second-order valence-corrected chi connectivity index (χ2v) is 5.05. The van der Waals surface area contributed by atoms with Crippen LogP contribution in [0, 0.1) is 5.92 Å². The van der Waals surface area contributed by atoms with E-state index >= 15 is 0 Å². The normalized spacial score (nSPS) is 23.8. The molecule has 0 aromatic heterocycles. The van der Waals surface area contributed by atoms with E-state index < -0.39 is 0 Å². The Hall–Kier alpha value is -0.120. The van der Waals surface area contributed by atoms with Gasteiger partial charge in [-0.25, -0.2) is 0 Å². The second-order valence-electron chi connectivity index (χ2n) is 5.05. The van der Waals surface area contributed by atoms with Gasteiger partial charge in [0.15, 0.2) is 0 Å². The molecule has 1 N–H and O–H groups in total. The van der Waals surface area contributed by atoms with Crippen molar-refractivity contribution in [3.8, 4) is 0 Å². The Morgan fingerprint density at radius 1 is 1.50 bits per heavy atom. The molecular weight excluding hydrogens is 200 g/mol. The van der Waals surface area contributed by atoms with Crippen molar-refractivity contribution in [2.24, 2.45) is 5.92 Å². The molecular formula is C13H28N2O. The molecule has 1 saturated heterocycles. The summed E-state index contributed by atoms with van der Waals surface area (Å²) in [6.45, 7) is 10.2. The van der Waals surface area contributed by atoms with Crippen LogP contribution in [-0.4, -0.2) is 50.8 Å². The smallest absolute Gasteiger partial charge is 0.0613 e. The van der Waals surface area contributed by atoms with E-state index in [0.717, 1.165) is 19.1 Å². The summed E-state index contributed by atoms with van der Waals surface area (Å²) in [6.07, 6.45) is 4.15. The van der Waals surface area contributed by atoms with Gasteiger partial charge in [0.25, 0.3) is 0 Å². The van der Waals surface area contributed by atoms with Crippen molar-refractivity contribution in [1.29, 1.82) is 0 Å².